The van der Waals surface area contributed by atoms with E-state index in [4.69, 9.17) is 16.3 Å². The molecule has 2 nitrogen and oxygen atoms in total. The number of rotatable bonds is 6. The normalized spacial score (nSPS) is 14.8. The van der Waals surface area contributed by atoms with Gasteiger partial charge in [0.2, 0.25) is 0 Å². The molecule has 0 spiro atoms. The maximum Gasteiger partial charge on any atom is 0.132 e. The molecule has 3 heteroatoms. The lowest BCUT2D eigenvalue weighted by Crippen LogP contribution is -2.51. The molecule has 0 amide bonds. The van der Waals surface area contributed by atoms with E-state index in [1.807, 2.05) is 32.9 Å². The van der Waals surface area contributed by atoms with Crippen molar-refractivity contribution in [2.75, 3.05) is 0 Å². The van der Waals surface area contributed by atoms with E-state index in [9.17, 15) is 5.11 Å². The summed E-state index contributed by atoms with van der Waals surface area (Å²) in [6, 6.07) is 5.51. The van der Waals surface area contributed by atoms with E-state index in [1.165, 1.54) is 0 Å². The maximum atomic E-state index is 10.6. The van der Waals surface area contributed by atoms with E-state index in [0.717, 1.165) is 12.0 Å². The Morgan fingerprint density at radius 2 is 2.00 bits per heavy atom. The number of hydrogen-bond donors (Lipinski definition) is 1. The lowest BCUT2D eigenvalue weighted by Gasteiger charge is -2.40. The van der Waals surface area contributed by atoms with Gasteiger partial charge in [-0.2, -0.15) is 0 Å². The van der Waals surface area contributed by atoms with Crippen LogP contribution in [0.4, 0.5) is 0 Å². The van der Waals surface area contributed by atoms with Crippen molar-refractivity contribution in [1.29, 1.82) is 0 Å². The zero-order valence-corrected chi connectivity index (χ0v) is 12.9. The summed E-state index contributed by atoms with van der Waals surface area (Å²) in [5.41, 5.74) is -0.675. The van der Waals surface area contributed by atoms with Crippen molar-refractivity contribution < 1.29 is 9.84 Å². The summed E-state index contributed by atoms with van der Waals surface area (Å²) in [5.74, 6) is 0.714. The van der Waals surface area contributed by atoms with Crippen molar-refractivity contribution in [1.82, 2.24) is 0 Å². The summed E-state index contributed by atoms with van der Waals surface area (Å²) in [6.07, 6.45) is 3.16. The molecule has 0 aromatic heterocycles. The van der Waals surface area contributed by atoms with Crippen LogP contribution in [0.25, 0.3) is 0 Å². The van der Waals surface area contributed by atoms with Gasteiger partial charge in [0.25, 0.3) is 0 Å². The average Bonchev–Trinajstić information content (AvgIpc) is 2.31. The van der Waals surface area contributed by atoms with Crippen molar-refractivity contribution in [3.05, 3.63) is 41.4 Å². The Labute approximate surface area is 121 Å². The minimum Gasteiger partial charge on any atom is -0.485 e. The first kappa shape index (κ1) is 16.1. The monoisotopic (exact) mass is 282 g/mol. The smallest absolute Gasteiger partial charge is 0.132 e. The van der Waals surface area contributed by atoms with Crippen LogP contribution in [0, 0.1) is 6.92 Å². The highest BCUT2D eigenvalue weighted by Crippen LogP contribution is 2.33. The molecular formula is C16H23ClO2. The Morgan fingerprint density at radius 1 is 1.37 bits per heavy atom. The lowest BCUT2D eigenvalue weighted by atomic mass is 9.83. The molecular weight excluding hydrogens is 260 g/mol. The molecule has 0 aliphatic rings. The summed E-state index contributed by atoms with van der Waals surface area (Å²) in [7, 11) is 0. The molecule has 0 aliphatic carbocycles. The van der Waals surface area contributed by atoms with E-state index >= 15 is 0 Å². The van der Waals surface area contributed by atoms with Crippen LogP contribution < -0.4 is 4.74 Å². The largest absolute Gasteiger partial charge is 0.485 e. The van der Waals surface area contributed by atoms with Crippen LogP contribution in [-0.4, -0.2) is 16.3 Å². The topological polar surface area (TPSA) is 29.5 Å². The van der Waals surface area contributed by atoms with E-state index < -0.39 is 11.2 Å². The standard InChI is InChI=1S/C16H23ClO2/c1-6-7-10-16(5,18)15(3,4)19-13-8-9-14(17)12(2)11-13/h6,8-9,11,18H,1,7,10H2,2-5H3. The second-order valence-electron chi connectivity index (χ2n) is 5.62. The Bertz CT molecular complexity index is 450. The van der Waals surface area contributed by atoms with Crippen LogP contribution in [-0.2, 0) is 0 Å². The first-order valence-corrected chi connectivity index (χ1v) is 6.86. The van der Waals surface area contributed by atoms with E-state index in [2.05, 4.69) is 6.58 Å². The van der Waals surface area contributed by atoms with E-state index in [1.54, 1.807) is 19.1 Å². The molecule has 1 N–H and O–H groups in total. The van der Waals surface area contributed by atoms with Gasteiger partial charge in [-0.1, -0.05) is 17.7 Å². The number of halogens is 1. The molecule has 1 aromatic rings. The third kappa shape index (κ3) is 3.99. The molecule has 1 rings (SSSR count). The second-order valence-corrected chi connectivity index (χ2v) is 6.03. The molecule has 0 radical (unpaired) electrons. The van der Waals surface area contributed by atoms with Gasteiger partial charge in [0, 0.05) is 5.02 Å². The van der Waals surface area contributed by atoms with Crippen molar-refractivity contribution in [2.45, 2.75) is 51.7 Å². The molecule has 1 unspecified atom stereocenters. The lowest BCUT2D eigenvalue weighted by molar-refractivity contribution is -0.107. The van der Waals surface area contributed by atoms with Crippen LogP contribution in [0.2, 0.25) is 5.02 Å². The number of aliphatic hydroxyl groups is 1. The summed E-state index contributed by atoms with van der Waals surface area (Å²) in [4.78, 5) is 0. The number of allylic oxidation sites excluding steroid dienone is 1. The second kappa shape index (κ2) is 5.98. The molecule has 0 fully saturated rings. The van der Waals surface area contributed by atoms with Gasteiger partial charge in [-0.3, -0.25) is 0 Å². The van der Waals surface area contributed by atoms with Gasteiger partial charge >= 0.3 is 0 Å². The number of hydrogen-bond acceptors (Lipinski definition) is 2. The SMILES string of the molecule is C=CCCC(C)(O)C(C)(C)Oc1ccc(Cl)c(C)c1. The Balaban J connectivity index is 2.88. The minimum absolute atomic E-state index is 0.607. The first-order chi connectivity index (χ1) is 8.69. The molecule has 1 atom stereocenters. The van der Waals surface area contributed by atoms with Gasteiger partial charge in [-0.15, -0.1) is 6.58 Å². The van der Waals surface area contributed by atoms with Crippen LogP contribution in [0.15, 0.2) is 30.9 Å². The minimum atomic E-state index is -0.936. The predicted molar refractivity (Wildman–Crippen MR) is 81.0 cm³/mol. The molecule has 0 saturated heterocycles. The summed E-state index contributed by atoms with van der Waals surface area (Å²) in [6.45, 7) is 11.2. The molecule has 0 saturated carbocycles. The van der Waals surface area contributed by atoms with E-state index in [0.29, 0.717) is 17.2 Å². The fraction of sp³-hybridized carbons (Fsp3) is 0.500. The Hall–Kier alpha value is -0.990. The quantitative estimate of drug-likeness (QED) is 0.777. The average molecular weight is 283 g/mol. The fourth-order valence-corrected chi connectivity index (χ4v) is 1.89. The maximum absolute atomic E-state index is 10.6. The predicted octanol–water partition coefficient (Wildman–Crippen LogP) is 4.52. The number of ether oxygens (including phenoxy) is 1. The molecule has 0 bridgehead atoms. The van der Waals surface area contributed by atoms with Gasteiger partial charge in [-0.25, -0.2) is 0 Å². The molecule has 1 aromatic carbocycles. The zero-order valence-electron chi connectivity index (χ0n) is 12.2. The van der Waals surface area contributed by atoms with Crippen molar-refractivity contribution in [3.63, 3.8) is 0 Å². The van der Waals surface area contributed by atoms with E-state index in [-0.39, 0.29) is 0 Å². The van der Waals surface area contributed by atoms with Gasteiger partial charge in [0.05, 0.1) is 0 Å². The summed E-state index contributed by atoms with van der Waals surface area (Å²) < 4.78 is 5.96. The third-order valence-corrected chi connectivity index (χ3v) is 4.06. The van der Waals surface area contributed by atoms with Crippen LogP contribution >= 0.6 is 11.6 Å². The Kier molecular flexibility index (Phi) is 5.05. The van der Waals surface area contributed by atoms with Gasteiger partial charge in [0.15, 0.2) is 0 Å². The highest BCUT2D eigenvalue weighted by molar-refractivity contribution is 6.31. The van der Waals surface area contributed by atoms with Crippen LogP contribution in [0.1, 0.15) is 39.2 Å². The Morgan fingerprint density at radius 3 is 2.53 bits per heavy atom. The van der Waals surface area contributed by atoms with Gasteiger partial charge in [-0.05, 0) is 64.3 Å². The number of aryl methyl sites for hydroxylation is 1. The van der Waals surface area contributed by atoms with Crippen LogP contribution in [0.5, 0.6) is 5.75 Å². The molecule has 106 valence electrons. The first-order valence-electron chi connectivity index (χ1n) is 6.48. The molecule has 0 heterocycles. The molecule has 0 aliphatic heterocycles. The summed E-state index contributed by atoms with van der Waals surface area (Å²) >= 11 is 5.99. The summed E-state index contributed by atoms with van der Waals surface area (Å²) in [5, 5.41) is 11.3. The highest BCUT2D eigenvalue weighted by Gasteiger charge is 2.40. The zero-order chi connectivity index (χ0) is 14.7. The highest BCUT2D eigenvalue weighted by atomic mass is 35.5. The van der Waals surface area contributed by atoms with Crippen molar-refractivity contribution >= 4 is 11.6 Å². The van der Waals surface area contributed by atoms with Crippen LogP contribution in [0.3, 0.4) is 0 Å². The number of benzene rings is 1. The van der Waals surface area contributed by atoms with Crippen molar-refractivity contribution in [2.24, 2.45) is 0 Å². The van der Waals surface area contributed by atoms with Gasteiger partial charge < -0.3 is 9.84 Å². The third-order valence-electron chi connectivity index (χ3n) is 3.63. The van der Waals surface area contributed by atoms with Crippen molar-refractivity contribution in [3.8, 4) is 5.75 Å². The molecule has 19 heavy (non-hydrogen) atoms. The van der Waals surface area contributed by atoms with Gasteiger partial charge in [0.1, 0.15) is 17.0 Å². The fourth-order valence-electron chi connectivity index (χ4n) is 1.77.